The molecular formula is C13H15NO3. The van der Waals surface area contributed by atoms with Crippen molar-refractivity contribution in [3.63, 3.8) is 0 Å². The van der Waals surface area contributed by atoms with Crippen molar-refractivity contribution in [3.05, 3.63) is 35.9 Å². The van der Waals surface area contributed by atoms with E-state index in [4.69, 9.17) is 4.74 Å². The van der Waals surface area contributed by atoms with E-state index < -0.39 is 6.09 Å². The Kier molecular flexibility index (Phi) is 3.75. The average molecular weight is 233 g/mol. The summed E-state index contributed by atoms with van der Waals surface area (Å²) in [5.41, 5.74) is 0.949. The lowest BCUT2D eigenvalue weighted by atomic mass is 10.2. The number of ether oxygens (including phenoxy) is 1. The van der Waals surface area contributed by atoms with Gasteiger partial charge in [-0.05, 0) is 12.0 Å². The fourth-order valence-electron chi connectivity index (χ4n) is 1.87. The van der Waals surface area contributed by atoms with Crippen molar-refractivity contribution in [2.75, 3.05) is 0 Å². The largest absolute Gasteiger partial charge is 0.445 e. The predicted octanol–water partition coefficient (Wildman–Crippen LogP) is 2.03. The molecule has 4 nitrogen and oxygen atoms in total. The van der Waals surface area contributed by atoms with Gasteiger partial charge in [0.25, 0.3) is 0 Å². The van der Waals surface area contributed by atoms with Crippen LogP contribution in [0.2, 0.25) is 0 Å². The van der Waals surface area contributed by atoms with E-state index in [1.165, 1.54) is 0 Å². The fraction of sp³-hybridized carbons (Fsp3) is 0.385. The van der Waals surface area contributed by atoms with Crippen LogP contribution in [-0.2, 0) is 16.1 Å². The molecule has 1 aliphatic rings. The Morgan fingerprint density at radius 2 is 2.12 bits per heavy atom. The SMILES string of the molecule is O=C1CC[C@H](NC(=O)OCc2ccccc2)C1. The van der Waals surface area contributed by atoms with Gasteiger partial charge in [-0.25, -0.2) is 4.79 Å². The fourth-order valence-corrected chi connectivity index (χ4v) is 1.87. The topological polar surface area (TPSA) is 55.4 Å². The van der Waals surface area contributed by atoms with E-state index in [2.05, 4.69) is 5.32 Å². The first kappa shape index (κ1) is 11.6. The lowest BCUT2D eigenvalue weighted by molar-refractivity contribution is -0.117. The molecule has 17 heavy (non-hydrogen) atoms. The Bertz CT molecular complexity index is 402. The minimum absolute atomic E-state index is 0.0502. The van der Waals surface area contributed by atoms with Gasteiger partial charge in [-0.2, -0.15) is 0 Å². The van der Waals surface area contributed by atoms with Crippen LogP contribution in [-0.4, -0.2) is 17.9 Å². The normalized spacial score (nSPS) is 19.1. The van der Waals surface area contributed by atoms with Crippen molar-refractivity contribution >= 4 is 11.9 Å². The summed E-state index contributed by atoms with van der Waals surface area (Å²) in [6, 6.07) is 9.44. The van der Waals surface area contributed by atoms with Crippen molar-refractivity contribution in [3.8, 4) is 0 Å². The third-order valence-electron chi connectivity index (χ3n) is 2.78. The second-order valence-electron chi connectivity index (χ2n) is 4.18. The van der Waals surface area contributed by atoms with Gasteiger partial charge in [0, 0.05) is 18.9 Å². The van der Waals surface area contributed by atoms with E-state index in [0.717, 1.165) is 12.0 Å². The van der Waals surface area contributed by atoms with Crippen molar-refractivity contribution in [1.29, 1.82) is 0 Å². The highest BCUT2D eigenvalue weighted by molar-refractivity contribution is 5.82. The molecular weight excluding hydrogens is 218 g/mol. The van der Waals surface area contributed by atoms with Gasteiger partial charge in [0.2, 0.25) is 0 Å². The van der Waals surface area contributed by atoms with Gasteiger partial charge in [0.15, 0.2) is 0 Å². The molecule has 1 saturated carbocycles. The van der Waals surface area contributed by atoms with E-state index in [1.807, 2.05) is 30.3 Å². The summed E-state index contributed by atoms with van der Waals surface area (Å²) in [5.74, 6) is 0.207. The maximum atomic E-state index is 11.4. The number of hydrogen-bond acceptors (Lipinski definition) is 3. The van der Waals surface area contributed by atoms with E-state index in [1.54, 1.807) is 0 Å². The van der Waals surface area contributed by atoms with Gasteiger partial charge in [0.1, 0.15) is 12.4 Å². The number of hydrogen-bond donors (Lipinski definition) is 1. The highest BCUT2D eigenvalue weighted by atomic mass is 16.5. The molecule has 0 saturated heterocycles. The second kappa shape index (κ2) is 5.48. The van der Waals surface area contributed by atoms with Crippen molar-refractivity contribution in [1.82, 2.24) is 5.32 Å². The molecule has 0 aromatic heterocycles. The number of ketones is 1. The monoisotopic (exact) mass is 233 g/mol. The number of amides is 1. The zero-order valence-electron chi connectivity index (χ0n) is 9.52. The van der Waals surface area contributed by atoms with Gasteiger partial charge >= 0.3 is 6.09 Å². The molecule has 90 valence electrons. The highest BCUT2D eigenvalue weighted by Gasteiger charge is 2.23. The number of carbonyl (C=O) groups excluding carboxylic acids is 2. The van der Waals surface area contributed by atoms with E-state index >= 15 is 0 Å². The minimum Gasteiger partial charge on any atom is -0.445 e. The molecule has 0 radical (unpaired) electrons. The summed E-state index contributed by atoms with van der Waals surface area (Å²) in [5, 5.41) is 2.70. The summed E-state index contributed by atoms with van der Waals surface area (Å²) in [4.78, 5) is 22.5. The van der Waals surface area contributed by atoms with Crippen LogP contribution >= 0.6 is 0 Å². The standard InChI is InChI=1S/C13H15NO3/c15-12-7-6-11(8-12)14-13(16)17-9-10-4-2-1-3-5-10/h1-5,11H,6-9H2,(H,14,16)/t11-/m0/s1. The molecule has 0 spiro atoms. The summed E-state index contributed by atoms with van der Waals surface area (Å²) in [6.07, 6.45) is 1.26. The Labute approximate surface area is 100.0 Å². The predicted molar refractivity (Wildman–Crippen MR) is 62.4 cm³/mol. The molecule has 1 atom stereocenters. The number of benzene rings is 1. The van der Waals surface area contributed by atoms with Crippen LogP contribution in [0.15, 0.2) is 30.3 Å². The van der Waals surface area contributed by atoms with Crippen molar-refractivity contribution in [2.24, 2.45) is 0 Å². The summed E-state index contributed by atoms with van der Waals surface area (Å²) >= 11 is 0. The second-order valence-corrected chi connectivity index (χ2v) is 4.18. The molecule has 1 aromatic rings. The molecule has 1 aliphatic carbocycles. The number of rotatable bonds is 3. The summed E-state index contributed by atoms with van der Waals surface area (Å²) in [7, 11) is 0. The molecule has 0 heterocycles. The Hall–Kier alpha value is -1.84. The molecule has 0 unspecified atom stereocenters. The minimum atomic E-state index is -0.450. The van der Waals surface area contributed by atoms with E-state index in [-0.39, 0.29) is 18.4 Å². The Balaban J connectivity index is 1.73. The lowest BCUT2D eigenvalue weighted by Gasteiger charge is -2.11. The number of alkyl carbamates (subject to hydrolysis) is 1. The summed E-state index contributed by atoms with van der Waals surface area (Å²) in [6.45, 7) is 0.257. The third-order valence-corrected chi connectivity index (χ3v) is 2.78. The maximum absolute atomic E-state index is 11.4. The number of carbonyl (C=O) groups is 2. The average Bonchev–Trinajstić information content (AvgIpc) is 2.73. The first-order chi connectivity index (χ1) is 8.24. The van der Waals surface area contributed by atoms with Crippen molar-refractivity contribution < 1.29 is 14.3 Å². The molecule has 0 aliphatic heterocycles. The third kappa shape index (κ3) is 3.59. The van der Waals surface area contributed by atoms with Gasteiger partial charge in [-0.15, -0.1) is 0 Å². The van der Waals surface area contributed by atoms with Gasteiger partial charge in [0.05, 0.1) is 0 Å². The number of nitrogens with one attached hydrogen (secondary N) is 1. The molecule has 1 aromatic carbocycles. The van der Waals surface area contributed by atoms with Gasteiger partial charge < -0.3 is 10.1 Å². The van der Waals surface area contributed by atoms with Crippen LogP contribution in [0, 0.1) is 0 Å². The van der Waals surface area contributed by atoms with Crippen LogP contribution in [0.3, 0.4) is 0 Å². The zero-order valence-corrected chi connectivity index (χ0v) is 9.52. The van der Waals surface area contributed by atoms with Crippen LogP contribution in [0.1, 0.15) is 24.8 Å². The summed E-state index contributed by atoms with van der Waals surface area (Å²) < 4.78 is 5.06. The molecule has 2 rings (SSSR count). The Morgan fingerprint density at radius 3 is 2.76 bits per heavy atom. The first-order valence-corrected chi connectivity index (χ1v) is 5.73. The zero-order chi connectivity index (χ0) is 12.1. The highest BCUT2D eigenvalue weighted by Crippen LogP contribution is 2.14. The van der Waals surface area contributed by atoms with Gasteiger partial charge in [-0.1, -0.05) is 30.3 Å². The smallest absolute Gasteiger partial charge is 0.407 e. The van der Waals surface area contributed by atoms with Crippen LogP contribution in [0.5, 0.6) is 0 Å². The molecule has 0 bridgehead atoms. The molecule has 4 heteroatoms. The molecule has 1 fully saturated rings. The van der Waals surface area contributed by atoms with Gasteiger partial charge in [-0.3, -0.25) is 4.79 Å². The first-order valence-electron chi connectivity index (χ1n) is 5.73. The van der Waals surface area contributed by atoms with E-state index in [9.17, 15) is 9.59 Å². The lowest BCUT2D eigenvalue weighted by Crippen LogP contribution is -2.33. The molecule has 1 N–H and O–H groups in total. The van der Waals surface area contributed by atoms with E-state index in [0.29, 0.717) is 12.8 Å². The van der Waals surface area contributed by atoms with Crippen LogP contribution in [0.4, 0.5) is 4.79 Å². The Morgan fingerprint density at radius 1 is 1.35 bits per heavy atom. The number of Topliss-reactive ketones (excluding diaryl/α,β-unsaturated/α-hetero) is 1. The quantitative estimate of drug-likeness (QED) is 0.869. The van der Waals surface area contributed by atoms with Crippen molar-refractivity contribution in [2.45, 2.75) is 31.9 Å². The molecule has 1 amide bonds. The van der Waals surface area contributed by atoms with Crippen LogP contribution in [0.25, 0.3) is 0 Å². The maximum Gasteiger partial charge on any atom is 0.407 e. The van der Waals surface area contributed by atoms with Crippen LogP contribution < -0.4 is 5.32 Å².